The van der Waals surface area contributed by atoms with E-state index in [2.05, 4.69) is 0 Å². The fourth-order valence-electron chi connectivity index (χ4n) is 4.03. The Morgan fingerprint density at radius 1 is 1.11 bits per heavy atom. The third-order valence-electron chi connectivity index (χ3n) is 5.26. The van der Waals surface area contributed by atoms with Crippen molar-refractivity contribution < 1.29 is 22.7 Å². The number of hydrogen-bond donors (Lipinski definition) is 0. The Balaban J connectivity index is 1.77. The van der Waals surface area contributed by atoms with Crippen molar-refractivity contribution >= 4 is 21.6 Å². The molecule has 2 saturated heterocycles. The number of benzene rings is 1. The highest BCUT2D eigenvalue weighted by Gasteiger charge is 2.41. The second-order valence-corrected chi connectivity index (χ2v) is 9.41. The van der Waals surface area contributed by atoms with Crippen LogP contribution in [0.3, 0.4) is 0 Å². The van der Waals surface area contributed by atoms with Crippen LogP contribution in [0.5, 0.6) is 0 Å². The molecule has 0 aromatic heterocycles. The number of carbonyl (C=O) groups is 1. The molecule has 8 heteroatoms. The number of carbonyl (C=O) groups excluding carboxylic acids is 1. The molecule has 0 N–H and O–H groups in total. The van der Waals surface area contributed by atoms with Gasteiger partial charge in [-0.3, -0.25) is 9.10 Å². The first kappa shape index (κ1) is 20.1. The van der Waals surface area contributed by atoms with E-state index in [1.807, 2.05) is 32.9 Å². The molecule has 3 rings (SSSR count). The normalized spacial score (nSPS) is 19.5. The molecule has 1 aromatic carbocycles. The number of ether oxygens (including phenoxy) is 2. The van der Waals surface area contributed by atoms with Gasteiger partial charge in [0.05, 0.1) is 25.2 Å². The van der Waals surface area contributed by atoms with Gasteiger partial charge in [0.1, 0.15) is 6.54 Å². The molecule has 0 bridgehead atoms. The largest absolute Gasteiger partial charge is 0.347 e. The lowest BCUT2D eigenvalue weighted by Gasteiger charge is -2.38. The van der Waals surface area contributed by atoms with Crippen LogP contribution < -0.4 is 4.31 Å². The van der Waals surface area contributed by atoms with Crippen molar-refractivity contribution in [2.45, 2.75) is 39.4 Å². The molecule has 7 nitrogen and oxygen atoms in total. The van der Waals surface area contributed by atoms with E-state index in [1.165, 1.54) is 4.31 Å². The second kappa shape index (κ2) is 7.41. The Labute approximate surface area is 161 Å². The summed E-state index contributed by atoms with van der Waals surface area (Å²) in [6.07, 6.45) is 2.37. The minimum atomic E-state index is -3.60. The summed E-state index contributed by atoms with van der Waals surface area (Å²) in [7, 11) is -3.60. The quantitative estimate of drug-likeness (QED) is 0.775. The summed E-state index contributed by atoms with van der Waals surface area (Å²) < 4.78 is 37.5. The summed E-state index contributed by atoms with van der Waals surface area (Å²) in [6.45, 7) is 7.69. The zero-order valence-corrected chi connectivity index (χ0v) is 17.3. The van der Waals surface area contributed by atoms with Gasteiger partial charge in [0.25, 0.3) is 0 Å². The number of aryl methyl sites for hydroxylation is 3. The molecule has 2 fully saturated rings. The smallest absolute Gasteiger partial charge is 0.243 e. The molecular weight excluding hydrogens is 368 g/mol. The molecule has 0 radical (unpaired) electrons. The van der Waals surface area contributed by atoms with Crippen LogP contribution in [0.15, 0.2) is 12.1 Å². The van der Waals surface area contributed by atoms with E-state index in [9.17, 15) is 13.2 Å². The van der Waals surface area contributed by atoms with E-state index < -0.39 is 15.8 Å². The number of anilines is 1. The van der Waals surface area contributed by atoms with Gasteiger partial charge in [0, 0.05) is 25.9 Å². The maximum absolute atomic E-state index is 12.9. The number of likely N-dealkylation sites (tertiary alicyclic amines) is 1. The van der Waals surface area contributed by atoms with Crippen molar-refractivity contribution in [3.8, 4) is 0 Å². The second-order valence-electron chi connectivity index (χ2n) is 7.51. The van der Waals surface area contributed by atoms with Crippen molar-refractivity contribution in [2.75, 3.05) is 43.4 Å². The number of amides is 1. The van der Waals surface area contributed by atoms with Gasteiger partial charge in [-0.2, -0.15) is 0 Å². The molecule has 0 atom stereocenters. The first-order chi connectivity index (χ1) is 12.6. The number of nitrogens with zero attached hydrogens (tertiary/aromatic N) is 2. The molecule has 0 aliphatic carbocycles. The topological polar surface area (TPSA) is 76.2 Å². The highest BCUT2D eigenvalue weighted by atomic mass is 32.2. The zero-order valence-electron chi connectivity index (χ0n) is 16.4. The van der Waals surface area contributed by atoms with Crippen molar-refractivity contribution in [3.05, 3.63) is 28.8 Å². The molecule has 0 saturated carbocycles. The van der Waals surface area contributed by atoms with Gasteiger partial charge < -0.3 is 14.4 Å². The fraction of sp³-hybridized carbons (Fsp3) is 0.632. The van der Waals surface area contributed by atoms with Crippen molar-refractivity contribution in [3.63, 3.8) is 0 Å². The van der Waals surface area contributed by atoms with Crippen LogP contribution in [-0.4, -0.2) is 64.1 Å². The maximum Gasteiger partial charge on any atom is 0.243 e. The summed E-state index contributed by atoms with van der Waals surface area (Å²) in [5.74, 6) is -0.759. The fourth-order valence-corrected chi connectivity index (χ4v) is 5.00. The highest BCUT2D eigenvalue weighted by molar-refractivity contribution is 7.92. The standard InChI is InChI=1S/C19H28N2O5S/c1-14-11-15(2)18(16(3)12-14)21(27(4,23)24)13-17(22)20-7-5-19(6-8-20)25-9-10-26-19/h11-12H,5-10,13H2,1-4H3. The lowest BCUT2D eigenvalue weighted by molar-refractivity contribution is -0.187. The minimum absolute atomic E-state index is 0.196. The Bertz CT molecular complexity index is 797. The molecule has 27 heavy (non-hydrogen) atoms. The van der Waals surface area contributed by atoms with Gasteiger partial charge in [-0.05, 0) is 31.9 Å². The third-order valence-corrected chi connectivity index (χ3v) is 6.37. The Morgan fingerprint density at radius 2 is 1.63 bits per heavy atom. The van der Waals surface area contributed by atoms with Gasteiger partial charge in [-0.25, -0.2) is 8.42 Å². The first-order valence-corrected chi connectivity index (χ1v) is 11.1. The van der Waals surface area contributed by atoms with E-state index in [0.717, 1.165) is 22.9 Å². The monoisotopic (exact) mass is 396 g/mol. The van der Waals surface area contributed by atoms with Gasteiger partial charge in [-0.15, -0.1) is 0 Å². The third kappa shape index (κ3) is 4.28. The number of rotatable bonds is 4. The van der Waals surface area contributed by atoms with E-state index in [-0.39, 0.29) is 12.5 Å². The van der Waals surface area contributed by atoms with E-state index in [1.54, 1.807) is 4.90 Å². The Morgan fingerprint density at radius 3 is 2.11 bits per heavy atom. The molecule has 1 aromatic rings. The highest BCUT2D eigenvalue weighted by Crippen LogP contribution is 2.32. The lowest BCUT2D eigenvalue weighted by atomic mass is 10.0. The summed E-state index contributed by atoms with van der Waals surface area (Å²) >= 11 is 0. The van der Waals surface area contributed by atoms with Crippen molar-refractivity contribution in [2.24, 2.45) is 0 Å². The van der Waals surface area contributed by atoms with Gasteiger partial charge in [-0.1, -0.05) is 17.7 Å². The Kier molecular flexibility index (Phi) is 5.52. The molecular formula is C19H28N2O5S. The SMILES string of the molecule is Cc1cc(C)c(N(CC(=O)N2CCC3(CC2)OCCO3)S(C)(=O)=O)c(C)c1. The van der Waals surface area contributed by atoms with Crippen molar-refractivity contribution in [1.29, 1.82) is 0 Å². The van der Waals surface area contributed by atoms with E-state index in [4.69, 9.17) is 9.47 Å². The molecule has 2 aliphatic rings. The van der Waals surface area contributed by atoms with E-state index >= 15 is 0 Å². The van der Waals surface area contributed by atoms with Gasteiger partial charge >= 0.3 is 0 Å². The average Bonchev–Trinajstić information content (AvgIpc) is 3.00. The van der Waals surface area contributed by atoms with E-state index in [0.29, 0.717) is 44.8 Å². The van der Waals surface area contributed by atoms with Crippen LogP contribution in [0, 0.1) is 20.8 Å². The minimum Gasteiger partial charge on any atom is -0.347 e. The predicted octanol–water partition coefficient (Wildman–Crippen LogP) is 1.74. The number of hydrogen-bond acceptors (Lipinski definition) is 5. The van der Waals surface area contributed by atoms with Crippen LogP contribution in [0.4, 0.5) is 5.69 Å². The first-order valence-electron chi connectivity index (χ1n) is 9.23. The maximum atomic E-state index is 12.9. The molecule has 0 unspecified atom stereocenters. The average molecular weight is 397 g/mol. The lowest BCUT2D eigenvalue weighted by Crippen LogP contribution is -2.50. The number of piperidine rings is 1. The predicted molar refractivity (Wildman–Crippen MR) is 103 cm³/mol. The van der Waals surface area contributed by atoms with Crippen LogP contribution in [0.2, 0.25) is 0 Å². The van der Waals surface area contributed by atoms with Gasteiger partial charge in [0.15, 0.2) is 5.79 Å². The summed E-state index contributed by atoms with van der Waals surface area (Å²) in [6, 6.07) is 3.87. The molecule has 1 amide bonds. The number of sulfonamides is 1. The molecule has 150 valence electrons. The van der Waals surface area contributed by atoms with Crippen LogP contribution >= 0.6 is 0 Å². The summed E-state index contributed by atoms with van der Waals surface area (Å²) in [5, 5.41) is 0. The summed E-state index contributed by atoms with van der Waals surface area (Å²) in [5.41, 5.74) is 3.34. The molecule has 2 heterocycles. The van der Waals surface area contributed by atoms with Crippen LogP contribution in [0.25, 0.3) is 0 Å². The zero-order chi connectivity index (χ0) is 19.8. The van der Waals surface area contributed by atoms with Crippen molar-refractivity contribution in [1.82, 2.24) is 4.90 Å². The Hall–Kier alpha value is -1.64. The van der Waals surface area contributed by atoms with Gasteiger partial charge in [0.2, 0.25) is 15.9 Å². The molecule has 2 aliphatic heterocycles. The van der Waals surface area contributed by atoms with Crippen LogP contribution in [-0.2, 0) is 24.3 Å². The molecule has 1 spiro atoms. The summed E-state index contributed by atoms with van der Waals surface area (Å²) in [4.78, 5) is 14.6. The van der Waals surface area contributed by atoms with Crippen LogP contribution in [0.1, 0.15) is 29.5 Å².